The number of amides is 1. The number of likely N-dealkylation sites (tertiary alicyclic amines) is 1. The third-order valence-corrected chi connectivity index (χ3v) is 4.67. The average molecular weight is 306 g/mol. The molecule has 0 saturated carbocycles. The van der Waals surface area contributed by atoms with Gasteiger partial charge in [0.1, 0.15) is 10.7 Å². The molecule has 1 N–H and O–H groups in total. The Kier molecular flexibility index (Phi) is 4.03. The molecule has 1 aliphatic rings. The SMILES string of the molecule is Cn1cc(-c2nc(C(=O)N3CCCCC3CO)cs2)cn1. The van der Waals surface area contributed by atoms with E-state index in [0.29, 0.717) is 12.2 Å². The lowest BCUT2D eigenvalue weighted by atomic mass is 10.0. The minimum atomic E-state index is -0.0832. The number of thiazole rings is 1. The molecule has 0 aromatic carbocycles. The van der Waals surface area contributed by atoms with Gasteiger partial charge in [-0.3, -0.25) is 9.48 Å². The molecule has 112 valence electrons. The van der Waals surface area contributed by atoms with Crippen LogP contribution in [0.5, 0.6) is 0 Å². The second-order valence-electron chi connectivity index (χ2n) is 5.27. The molecule has 0 aliphatic carbocycles. The molecule has 1 aliphatic heterocycles. The van der Waals surface area contributed by atoms with Gasteiger partial charge < -0.3 is 10.0 Å². The fraction of sp³-hybridized carbons (Fsp3) is 0.500. The molecule has 1 amide bonds. The van der Waals surface area contributed by atoms with Gasteiger partial charge >= 0.3 is 0 Å². The minimum absolute atomic E-state index is 0.0192. The maximum atomic E-state index is 12.6. The number of carbonyl (C=O) groups excluding carboxylic acids is 1. The number of aliphatic hydroxyl groups is 1. The van der Waals surface area contributed by atoms with Crippen LogP contribution in [0.2, 0.25) is 0 Å². The molecular weight excluding hydrogens is 288 g/mol. The first-order chi connectivity index (χ1) is 10.2. The number of aliphatic hydroxyl groups excluding tert-OH is 1. The van der Waals surface area contributed by atoms with Crippen LogP contribution in [0.3, 0.4) is 0 Å². The van der Waals surface area contributed by atoms with Crippen molar-refractivity contribution in [1.82, 2.24) is 19.7 Å². The quantitative estimate of drug-likeness (QED) is 0.933. The third kappa shape index (κ3) is 2.84. The summed E-state index contributed by atoms with van der Waals surface area (Å²) in [5.74, 6) is -0.0832. The van der Waals surface area contributed by atoms with Crippen LogP contribution in [-0.4, -0.2) is 49.9 Å². The average Bonchev–Trinajstić information content (AvgIpc) is 3.15. The number of aryl methyl sites for hydroxylation is 1. The van der Waals surface area contributed by atoms with E-state index in [1.54, 1.807) is 21.2 Å². The highest BCUT2D eigenvalue weighted by Crippen LogP contribution is 2.25. The Morgan fingerprint density at radius 2 is 2.38 bits per heavy atom. The smallest absolute Gasteiger partial charge is 0.273 e. The van der Waals surface area contributed by atoms with Gasteiger partial charge in [0.25, 0.3) is 5.91 Å². The van der Waals surface area contributed by atoms with E-state index in [1.807, 2.05) is 13.2 Å². The lowest BCUT2D eigenvalue weighted by molar-refractivity contribution is 0.0498. The van der Waals surface area contributed by atoms with Crippen molar-refractivity contribution in [3.63, 3.8) is 0 Å². The van der Waals surface area contributed by atoms with Crippen LogP contribution >= 0.6 is 11.3 Å². The fourth-order valence-corrected chi connectivity index (χ4v) is 3.41. The monoisotopic (exact) mass is 306 g/mol. The van der Waals surface area contributed by atoms with E-state index >= 15 is 0 Å². The zero-order valence-corrected chi connectivity index (χ0v) is 12.7. The topological polar surface area (TPSA) is 71.2 Å². The van der Waals surface area contributed by atoms with Gasteiger partial charge in [-0.25, -0.2) is 4.98 Å². The minimum Gasteiger partial charge on any atom is -0.394 e. The summed E-state index contributed by atoms with van der Waals surface area (Å²) in [7, 11) is 1.85. The van der Waals surface area contributed by atoms with Crippen molar-refractivity contribution in [3.05, 3.63) is 23.5 Å². The molecule has 21 heavy (non-hydrogen) atoms. The molecule has 7 heteroatoms. The summed E-state index contributed by atoms with van der Waals surface area (Å²) < 4.78 is 1.71. The number of piperidine rings is 1. The predicted molar refractivity (Wildman–Crippen MR) is 80.1 cm³/mol. The molecule has 3 heterocycles. The van der Waals surface area contributed by atoms with Gasteiger partial charge in [0.15, 0.2) is 0 Å². The Hall–Kier alpha value is -1.73. The fourth-order valence-electron chi connectivity index (χ4n) is 2.64. The van der Waals surface area contributed by atoms with Gasteiger partial charge in [-0.15, -0.1) is 11.3 Å². The van der Waals surface area contributed by atoms with Gasteiger partial charge in [-0.1, -0.05) is 0 Å². The summed E-state index contributed by atoms with van der Waals surface area (Å²) in [5.41, 5.74) is 1.37. The molecule has 1 saturated heterocycles. The predicted octanol–water partition coefficient (Wildman–Crippen LogP) is 1.53. The van der Waals surface area contributed by atoms with Crippen LogP contribution in [0.4, 0.5) is 0 Å². The Balaban J connectivity index is 1.80. The maximum absolute atomic E-state index is 12.6. The highest BCUT2D eigenvalue weighted by molar-refractivity contribution is 7.13. The summed E-state index contributed by atoms with van der Waals surface area (Å²) in [6.45, 7) is 0.717. The molecule has 0 spiro atoms. The lowest BCUT2D eigenvalue weighted by Gasteiger charge is -2.34. The Morgan fingerprint density at radius 3 is 3.10 bits per heavy atom. The van der Waals surface area contributed by atoms with Crippen molar-refractivity contribution >= 4 is 17.2 Å². The second-order valence-corrected chi connectivity index (χ2v) is 6.13. The number of carbonyl (C=O) groups is 1. The van der Waals surface area contributed by atoms with E-state index in [4.69, 9.17) is 0 Å². The largest absolute Gasteiger partial charge is 0.394 e. The zero-order valence-electron chi connectivity index (χ0n) is 11.9. The Labute approximate surface area is 127 Å². The first-order valence-electron chi connectivity index (χ1n) is 7.05. The van der Waals surface area contributed by atoms with Gasteiger partial charge in [-0.05, 0) is 19.3 Å². The Bertz CT molecular complexity index is 636. The second kappa shape index (κ2) is 5.95. The molecule has 2 aromatic rings. The number of hydrogen-bond acceptors (Lipinski definition) is 5. The van der Waals surface area contributed by atoms with Crippen LogP contribution in [0.15, 0.2) is 17.8 Å². The molecule has 1 fully saturated rings. The zero-order chi connectivity index (χ0) is 14.8. The molecule has 1 atom stereocenters. The molecule has 0 radical (unpaired) electrons. The molecular formula is C14H18N4O2S. The molecule has 1 unspecified atom stereocenters. The summed E-state index contributed by atoms with van der Waals surface area (Å²) in [6.07, 6.45) is 6.53. The number of rotatable bonds is 3. The first-order valence-corrected chi connectivity index (χ1v) is 7.93. The van der Waals surface area contributed by atoms with Crippen LogP contribution in [0, 0.1) is 0 Å². The molecule has 3 rings (SSSR count). The van der Waals surface area contributed by atoms with E-state index in [1.165, 1.54) is 11.3 Å². The number of aromatic nitrogens is 3. The van der Waals surface area contributed by atoms with Crippen molar-refractivity contribution in [2.45, 2.75) is 25.3 Å². The van der Waals surface area contributed by atoms with Crippen LogP contribution in [0.1, 0.15) is 29.8 Å². The van der Waals surface area contributed by atoms with E-state index in [9.17, 15) is 9.90 Å². The summed E-state index contributed by atoms with van der Waals surface area (Å²) >= 11 is 1.44. The highest BCUT2D eigenvalue weighted by atomic mass is 32.1. The van der Waals surface area contributed by atoms with Gasteiger partial charge in [0.2, 0.25) is 0 Å². The standard InChI is InChI=1S/C14H18N4O2S/c1-17-7-10(6-15-17)13-16-12(9-21-13)14(20)18-5-3-2-4-11(18)8-19/h6-7,9,11,19H,2-5,8H2,1H3. The van der Waals surface area contributed by atoms with E-state index in [2.05, 4.69) is 10.1 Å². The lowest BCUT2D eigenvalue weighted by Crippen LogP contribution is -2.45. The molecule has 0 bridgehead atoms. The van der Waals surface area contributed by atoms with Crippen molar-refractivity contribution < 1.29 is 9.90 Å². The first kappa shape index (κ1) is 14.2. The van der Waals surface area contributed by atoms with Crippen molar-refractivity contribution in [1.29, 1.82) is 0 Å². The maximum Gasteiger partial charge on any atom is 0.273 e. The summed E-state index contributed by atoms with van der Waals surface area (Å²) in [6, 6.07) is -0.0743. The normalized spacial score (nSPS) is 19.0. The summed E-state index contributed by atoms with van der Waals surface area (Å²) in [5, 5.41) is 16.1. The van der Waals surface area contributed by atoms with Crippen LogP contribution in [-0.2, 0) is 7.05 Å². The molecule has 2 aromatic heterocycles. The number of nitrogens with zero attached hydrogens (tertiary/aromatic N) is 4. The van der Waals surface area contributed by atoms with Crippen LogP contribution in [0.25, 0.3) is 10.6 Å². The Morgan fingerprint density at radius 1 is 1.52 bits per heavy atom. The van der Waals surface area contributed by atoms with Crippen molar-refractivity contribution in [2.24, 2.45) is 7.05 Å². The van der Waals surface area contributed by atoms with E-state index < -0.39 is 0 Å². The van der Waals surface area contributed by atoms with Gasteiger partial charge in [0, 0.05) is 30.7 Å². The van der Waals surface area contributed by atoms with Crippen molar-refractivity contribution in [2.75, 3.05) is 13.2 Å². The third-order valence-electron chi connectivity index (χ3n) is 3.77. The summed E-state index contributed by atoms with van der Waals surface area (Å²) in [4.78, 5) is 18.7. The highest BCUT2D eigenvalue weighted by Gasteiger charge is 2.28. The van der Waals surface area contributed by atoms with Crippen molar-refractivity contribution in [3.8, 4) is 10.6 Å². The molecule has 6 nitrogen and oxygen atoms in total. The van der Waals surface area contributed by atoms with Crippen LogP contribution < -0.4 is 0 Å². The number of hydrogen-bond donors (Lipinski definition) is 1. The van der Waals surface area contributed by atoms with Gasteiger partial charge in [-0.2, -0.15) is 5.10 Å². The van der Waals surface area contributed by atoms with E-state index in [-0.39, 0.29) is 18.6 Å². The van der Waals surface area contributed by atoms with Gasteiger partial charge in [0.05, 0.1) is 18.8 Å². The van der Waals surface area contributed by atoms with E-state index in [0.717, 1.165) is 29.8 Å².